The normalized spacial score (nSPS) is 16.4. The summed E-state index contributed by atoms with van der Waals surface area (Å²) in [5, 5.41) is 0. The zero-order valence-corrected chi connectivity index (χ0v) is 8.37. The largest absolute Gasteiger partial charge is 0.466 e. The minimum absolute atomic E-state index is 0.0188. The Morgan fingerprint density at radius 2 is 2.29 bits per heavy atom. The summed E-state index contributed by atoms with van der Waals surface area (Å²) in [6, 6.07) is 0. The van der Waals surface area contributed by atoms with Crippen LogP contribution in [-0.2, 0) is 14.3 Å². The van der Waals surface area contributed by atoms with Crippen molar-refractivity contribution in [2.24, 2.45) is 5.73 Å². The topological polar surface area (TPSA) is 72.6 Å². The lowest BCUT2D eigenvalue weighted by Crippen LogP contribution is -2.29. The van der Waals surface area contributed by atoms with E-state index < -0.39 is 5.97 Å². The van der Waals surface area contributed by atoms with Crippen molar-refractivity contribution in [3.05, 3.63) is 11.3 Å². The average molecular weight is 198 g/mol. The molecule has 1 amide bonds. The molecule has 5 nitrogen and oxygen atoms in total. The average Bonchev–Trinajstić information content (AvgIpc) is 2.46. The Balaban J connectivity index is 2.79. The van der Waals surface area contributed by atoms with Crippen molar-refractivity contribution in [2.75, 3.05) is 20.2 Å². The molecule has 0 aromatic heterocycles. The number of ether oxygens (including phenoxy) is 1. The van der Waals surface area contributed by atoms with Crippen molar-refractivity contribution in [1.82, 2.24) is 4.90 Å². The van der Waals surface area contributed by atoms with Crippen molar-refractivity contribution in [3.8, 4) is 0 Å². The molecule has 0 unspecified atom stereocenters. The maximum Gasteiger partial charge on any atom is 0.337 e. The second-order valence-corrected chi connectivity index (χ2v) is 3.11. The van der Waals surface area contributed by atoms with Crippen LogP contribution < -0.4 is 5.73 Å². The Kier molecular flexibility index (Phi) is 3.11. The highest BCUT2D eigenvalue weighted by molar-refractivity contribution is 6.05. The van der Waals surface area contributed by atoms with E-state index in [1.165, 1.54) is 7.11 Å². The SMILES string of the molecule is CCCN1CC(C(=O)OC)=C(N)C1=O. The van der Waals surface area contributed by atoms with Crippen LogP contribution in [0.5, 0.6) is 0 Å². The molecule has 2 N–H and O–H groups in total. The van der Waals surface area contributed by atoms with Crippen molar-refractivity contribution < 1.29 is 14.3 Å². The first-order valence-electron chi connectivity index (χ1n) is 4.48. The van der Waals surface area contributed by atoms with E-state index in [1.807, 2.05) is 6.92 Å². The van der Waals surface area contributed by atoms with Gasteiger partial charge in [-0.1, -0.05) is 6.92 Å². The Morgan fingerprint density at radius 3 is 2.79 bits per heavy atom. The number of methoxy groups -OCH3 is 1. The van der Waals surface area contributed by atoms with E-state index in [0.717, 1.165) is 6.42 Å². The minimum Gasteiger partial charge on any atom is -0.466 e. The molecular weight excluding hydrogens is 184 g/mol. The molecular formula is C9H14N2O3. The number of hydrogen-bond acceptors (Lipinski definition) is 4. The summed E-state index contributed by atoms with van der Waals surface area (Å²) < 4.78 is 4.52. The van der Waals surface area contributed by atoms with Gasteiger partial charge in [0.25, 0.3) is 5.91 Å². The molecule has 0 bridgehead atoms. The minimum atomic E-state index is -0.519. The lowest BCUT2D eigenvalue weighted by Gasteiger charge is -2.14. The van der Waals surface area contributed by atoms with Gasteiger partial charge in [-0.2, -0.15) is 0 Å². The Bertz CT molecular complexity index is 296. The quantitative estimate of drug-likeness (QED) is 0.628. The van der Waals surface area contributed by atoms with Gasteiger partial charge >= 0.3 is 5.97 Å². The van der Waals surface area contributed by atoms with Gasteiger partial charge in [-0.25, -0.2) is 4.79 Å². The number of amides is 1. The molecule has 0 spiro atoms. The summed E-state index contributed by atoms with van der Waals surface area (Å²) in [6.07, 6.45) is 0.841. The number of nitrogens with two attached hydrogens (primary N) is 1. The molecule has 78 valence electrons. The lowest BCUT2D eigenvalue weighted by atomic mass is 10.2. The Morgan fingerprint density at radius 1 is 1.64 bits per heavy atom. The lowest BCUT2D eigenvalue weighted by molar-refractivity contribution is -0.136. The van der Waals surface area contributed by atoms with Crippen LogP contribution in [0.25, 0.3) is 0 Å². The molecule has 0 fully saturated rings. The summed E-state index contributed by atoms with van der Waals surface area (Å²) in [5.74, 6) is -0.790. The molecule has 0 aromatic carbocycles. The monoisotopic (exact) mass is 198 g/mol. The molecule has 0 aromatic rings. The van der Waals surface area contributed by atoms with Gasteiger partial charge in [0.2, 0.25) is 0 Å². The Labute approximate surface area is 82.5 Å². The van der Waals surface area contributed by atoms with Gasteiger partial charge in [0.1, 0.15) is 5.70 Å². The third-order valence-electron chi connectivity index (χ3n) is 2.12. The molecule has 0 radical (unpaired) electrons. The number of carbonyl (C=O) groups is 2. The number of esters is 1. The first-order chi connectivity index (χ1) is 6.61. The summed E-state index contributed by atoms with van der Waals surface area (Å²) >= 11 is 0. The van der Waals surface area contributed by atoms with Crippen LogP contribution in [0.3, 0.4) is 0 Å². The van der Waals surface area contributed by atoms with E-state index in [-0.39, 0.29) is 23.7 Å². The Hall–Kier alpha value is -1.52. The van der Waals surface area contributed by atoms with E-state index in [0.29, 0.717) is 6.54 Å². The van der Waals surface area contributed by atoms with Crippen molar-refractivity contribution in [3.63, 3.8) is 0 Å². The van der Waals surface area contributed by atoms with Gasteiger partial charge in [0, 0.05) is 6.54 Å². The molecule has 5 heteroatoms. The van der Waals surface area contributed by atoms with Crippen LogP contribution in [-0.4, -0.2) is 37.0 Å². The van der Waals surface area contributed by atoms with Crippen molar-refractivity contribution in [1.29, 1.82) is 0 Å². The number of nitrogens with zero attached hydrogens (tertiary/aromatic N) is 1. The van der Waals surface area contributed by atoms with E-state index in [1.54, 1.807) is 4.90 Å². The number of carbonyl (C=O) groups excluding carboxylic acids is 2. The molecule has 0 aliphatic carbocycles. The smallest absolute Gasteiger partial charge is 0.337 e. The van der Waals surface area contributed by atoms with E-state index in [4.69, 9.17) is 5.73 Å². The first-order valence-corrected chi connectivity index (χ1v) is 4.48. The molecule has 1 aliphatic rings. The second-order valence-electron chi connectivity index (χ2n) is 3.11. The summed E-state index contributed by atoms with van der Waals surface area (Å²) in [4.78, 5) is 24.2. The van der Waals surface area contributed by atoms with Crippen LogP contribution in [0.2, 0.25) is 0 Å². The fourth-order valence-corrected chi connectivity index (χ4v) is 1.40. The fraction of sp³-hybridized carbons (Fsp3) is 0.556. The van der Waals surface area contributed by atoms with Gasteiger partial charge in [0.15, 0.2) is 0 Å². The van der Waals surface area contributed by atoms with Crippen LogP contribution in [0, 0.1) is 0 Å². The summed E-state index contributed by atoms with van der Waals surface area (Å²) in [5.41, 5.74) is 5.80. The standard InChI is InChI=1S/C9H14N2O3/c1-3-4-11-5-6(9(13)14-2)7(10)8(11)12/h3-5,10H2,1-2H3. The first kappa shape index (κ1) is 10.6. The van der Waals surface area contributed by atoms with E-state index in [2.05, 4.69) is 4.74 Å². The molecule has 0 atom stereocenters. The highest BCUT2D eigenvalue weighted by atomic mass is 16.5. The third-order valence-corrected chi connectivity index (χ3v) is 2.12. The van der Waals surface area contributed by atoms with Crippen LogP contribution in [0.15, 0.2) is 11.3 Å². The number of rotatable bonds is 3. The third kappa shape index (κ3) is 1.71. The predicted molar refractivity (Wildman–Crippen MR) is 50.1 cm³/mol. The van der Waals surface area contributed by atoms with Crippen molar-refractivity contribution in [2.45, 2.75) is 13.3 Å². The van der Waals surface area contributed by atoms with Gasteiger partial charge in [0.05, 0.1) is 19.2 Å². The maximum atomic E-state index is 11.5. The van der Waals surface area contributed by atoms with E-state index in [9.17, 15) is 9.59 Å². The van der Waals surface area contributed by atoms with Crippen LogP contribution in [0.1, 0.15) is 13.3 Å². The maximum absolute atomic E-state index is 11.5. The zero-order valence-electron chi connectivity index (χ0n) is 8.37. The van der Waals surface area contributed by atoms with Gasteiger partial charge in [-0.15, -0.1) is 0 Å². The van der Waals surface area contributed by atoms with Crippen molar-refractivity contribution >= 4 is 11.9 Å². The highest BCUT2D eigenvalue weighted by Gasteiger charge is 2.31. The van der Waals surface area contributed by atoms with Gasteiger partial charge in [-0.05, 0) is 6.42 Å². The molecule has 1 aliphatic heterocycles. The van der Waals surface area contributed by atoms with Crippen LogP contribution >= 0.6 is 0 Å². The zero-order chi connectivity index (χ0) is 10.7. The second kappa shape index (κ2) is 4.13. The molecule has 1 heterocycles. The highest BCUT2D eigenvalue weighted by Crippen LogP contribution is 2.16. The van der Waals surface area contributed by atoms with Gasteiger partial charge in [-0.3, -0.25) is 4.79 Å². The van der Waals surface area contributed by atoms with Crippen LogP contribution in [0.4, 0.5) is 0 Å². The number of hydrogen-bond donors (Lipinski definition) is 1. The summed E-state index contributed by atoms with van der Waals surface area (Å²) in [7, 11) is 1.27. The molecule has 14 heavy (non-hydrogen) atoms. The molecule has 0 saturated heterocycles. The van der Waals surface area contributed by atoms with Gasteiger partial charge < -0.3 is 15.4 Å². The van der Waals surface area contributed by atoms with E-state index >= 15 is 0 Å². The fourth-order valence-electron chi connectivity index (χ4n) is 1.40. The molecule has 1 rings (SSSR count). The predicted octanol–water partition coefficient (Wildman–Crippen LogP) is -0.376. The molecule has 0 saturated carbocycles. The summed E-state index contributed by atoms with van der Waals surface area (Å²) in [6.45, 7) is 2.84.